The van der Waals surface area contributed by atoms with Crippen molar-refractivity contribution in [3.63, 3.8) is 0 Å². The molecule has 2 heteroatoms. The van der Waals surface area contributed by atoms with Crippen molar-refractivity contribution in [1.82, 2.24) is 0 Å². The molecule has 0 saturated heterocycles. The highest BCUT2D eigenvalue weighted by Gasteiger charge is 1.78. The average Bonchev–Trinajstić information content (AvgIpc) is 1.35. The zero-order valence-electron chi connectivity index (χ0n) is 3.41. The summed E-state index contributed by atoms with van der Waals surface area (Å²) in [4.78, 5) is 0. The highest BCUT2D eigenvalue weighted by molar-refractivity contribution is 6.29. The lowest BCUT2D eigenvalue weighted by atomic mass is 10.7. The molecule has 0 N–H and O–H groups in total. The maximum Gasteiger partial charge on any atom is 0.0818 e. The fraction of sp³-hybridized carbons (Fsp3) is 0.250. The standard InChI is InChI=1S/C4H6ClO/c1-4(5)3-6-2/h1-3H2. The molecule has 0 atom stereocenters. The maximum atomic E-state index is 5.22. The summed E-state index contributed by atoms with van der Waals surface area (Å²) < 4.78 is 4.32. The van der Waals surface area contributed by atoms with E-state index in [0.29, 0.717) is 11.6 Å². The highest BCUT2D eigenvalue weighted by Crippen LogP contribution is 1.93. The molecule has 0 heterocycles. The Morgan fingerprint density at radius 2 is 2.33 bits per heavy atom. The van der Waals surface area contributed by atoms with Crippen molar-refractivity contribution < 1.29 is 4.74 Å². The van der Waals surface area contributed by atoms with Crippen LogP contribution in [0.2, 0.25) is 0 Å². The Kier molecular flexibility index (Phi) is 3.19. The van der Waals surface area contributed by atoms with Crippen molar-refractivity contribution in [2.45, 2.75) is 0 Å². The fourth-order valence-corrected chi connectivity index (χ4v) is 0.188. The van der Waals surface area contributed by atoms with Crippen LogP contribution in [0.1, 0.15) is 0 Å². The van der Waals surface area contributed by atoms with Gasteiger partial charge in [0.15, 0.2) is 0 Å². The minimum Gasteiger partial charge on any atom is -0.373 e. The Labute approximate surface area is 42.6 Å². The van der Waals surface area contributed by atoms with Crippen LogP contribution in [0.15, 0.2) is 11.6 Å². The van der Waals surface area contributed by atoms with Gasteiger partial charge in [0.05, 0.1) is 13.7 Å². The van der Waals surface area contributed by atoms with Crippen LogP contribution in [0, 0.1) is 7.11 Å². The minimum absolute atomic E-state index is 0.335. The SMILES string of the molecule is [CH2]OCC(=C)Cl. The summed E-state index contributed by atoms with van der Waals surface area (Å²) in [6.45, 7) is 3.68. The lowest BCUT2D eigenvalue weighted by Gasteiger charge is -1.87. The third-order valence-corrected chi connectivity index (χ3v) is 0.368. The second-order valence-electron chi connectivity index (χ2n) is 0.866. The Balaban J connectivity index is 2.83. The molecule has 0 rings (SSSR count). The van der Waals surface area contributed by atoms with Crippen molar-refractivity contribution in [2.24, 2.45) is 0 Å². The van der Waals surface area contributed by atoms with Crippen LogP contribution in [-0.2, 0) is 4.74 Å². The molecule has 0 aromatic rings. The second-order valence-corrected chi connectivity index (χ2v) is 1.40. The largest absolute Gasteiger partial charge is 0.373 e. The molecule has 0 aliphatic carbocycles. The lowest BCUT2D eigenvalue weighted by Crippen LogP contribution is -1.80. The number of ether oxygens (including phenoxy) is 1. The minimum atomic E-state index is 0.335. The molecule has 0 amide bonds. The Hall–Kier alpha value is -0.0100. The van der Waals surface area contributed by atoms with E-state index in [1.165, 1.54) is 0 Å². The summed E-state index contributed by atoms with van der Waals surface area (Å²) in [5.74, 6) is 0. The van der Waals surface area contributed by atoms with Gasteiger partial charge in [0.25, 0.3) is 0 Å². The molecule has 6 heavy (non-hydrogen) atoms. The zero-order valence-corrected chi connectivity index (χ0v) is 4.16. The van der Waals surface area contributed by atoms with E-state index < -0.39 is 0 Å². The zero-order chi connectivity index (χ0) is 4.99. The number of halogens is 1. The van der Waals surface area contributed by atoms with Crippen LogP contribution in [0.25, 0.3) is 0 Å². The lowest BCUT2D eigenvalue weighted by molar-refractivity contribution is 0.279. The molecule has 1 radical (unpaired) electrons. The quantitative estimate of drug-likeness (QED) is 0.518. The number of hydrogen-bond donors (Lipinski definition) is 0. The summed E-state index contributed by atoms with van der Waals surface area (Å²) in [6, 6.07) is 0. The van der Waals surface area contributed by atoms with E-state index in [-0.39, 0.29) is 0 Å². The molecule has 0 unspecified atom stereocenters. The molecular weight excluding hydrogens is 99.5 g/mol. The Morgan fingerprint density at radius 3 is 2.33 bits per heavy atom. The van der Waals surface area contributed by atoms with E-state index in [4.69, 9.17) is 11.6 Å². The van der Waals surface area contributed by atoms with Crippen LogP contribution >= 0.6 is 11.6 Å². The number of rotatable bonds is 2. The van der Waals surface area contributed by atoms with Crippen LogP contribution in [0.4, 0.5) is 0 Å². The Bertz CT molecular complexity index is 51.5. The average molecular weight is 106 g/mol. The molecule has 35 valence electrons. The molecule has 0 spiro atoms. The predicted molar refractivity (Wildman–Crippen MR) is 26.3 cm³/mol. The molecule has 0 aliphatic rings. The maximum absolute atomic E-state index is 5.22. The Morgan fingerprint density at radius 1 is 1.83 bits per heavy atom. The summed E-state index contributed by atoms with van der Waals surface area (Å²) in [5, 5.41) is 0.477. The van der Waals surface area contributed by atoms with Crippen LogP contribution < -0.4 is 0 Å². The van der Waals surface area contributed by atoms with Gasteiger partial charge in [-0.25, -0.2) is 0 Å². The molecule has 0 aromatic carbocycles. The topological polar surface area (TPSA) is 9.23 Å². The van der Waals surface area contributed by atoms with Gasteiger partial charge in [0.1, 0.15) is 0 Å². The van der Waals surface area contributed by atoms with Crippen LogP contribution in [-0.4, -0.2) is 6.61 Å². The van der Waals surface area contributed by atoms with E-state index >= 15 is 0 Å². The molecule has 0 bridgehead atoms. The summed E-state index contributed by atoms with van der Waals surface area (Å²) in [7, 11) is 3.08. The fourth-order valence-electron chi connectivity index (χ4n) is 0.111. The van der Waals surface area contributed by atoms with E-state index in [1.807, 2.05) is 0 Å². The van der Waals surface area contributed by atoms with E-state index in [1.54, 1.807) is 0 Å². The van der Waals surface area contributed by atoms with Gasteiger partial charge in [0, 0.05) is 5.03 Å². The van der Waals surface area contributed by atoms with Gasteiger partial charge in [-0.1, -0.05) is 18.2 Å². The van der Waals surface area contributed by atoms with Gasteiger partial charge in [-0.2, -0.15) is 0 Å². The van der Waals surface area contributed by atoms with Crippen LogP contribution in [0.3, 0.4) is 0 Å². The first kappa shape index (κ1) is 5.99. The van der Waals surface area contributed by atoms with Gasteiger partial charge in [-0.3, -0.25) is 0 Å². The van der Waals surface area contributed by atoms with Crippen molar-refractivity contribution in [3.05, 3.63) is 18.7 Å². The molecule has 0 fully saturated rings. The van der Waals surface area contributed by atoms with Crippen molar-refractivity contribution in [1.29, 1.82) is 0 Å². The van der Waals surface area contributed by atoms with Gasteiger partial charge >= 0.3 is 0 Å². The molecule has 0 aromatic heterocycles. The first-order valence-corrected chi connectivity index (χ1v) is 1.85. The molecule has 0 aliphatic heterocycles. The summed E-state index contributed by atoms with van der Waals surface area (Å²) in [5.41, 5.74) is 0. The molecule has 0 saturated carbocycles. The second kappa shape index (κ2) is 3.19. The van der Waals surface area contributed by atoms with E-state index in [9.17, 15) is 0 Å². The smallest absolute Gasteiger partial charge is 0.0818 e. The van der Waals surface area contributed by atoms with Crippen LogP contribution in [0.5, 0.6) is 0 Å². The summed E-state index contributed by atoms with van der Waals surface area (Å²) in [6.07, 6.45) is 0. The highest BCUT2D eigenvalue weighted by atomic mass is 35.5. The molecule has 1 nitrogen and oxygen atoms in total. The van der Waals surface area contributed by atoms with Gasteiger partial charge in [0.2, 0.25) is 0 Å². The van der Waals surface area contributed by atoms with Gasteiger partial charge in [-0.05, 0) is 0 Å². The summed E-state index contributed by atoms with van der Waals surface area (Å²) >= 11 is 5.22. The normalized spacial score (nSPS) is 8.33. The third kappa shape index (κ3) is 3.99. The monoisotopic (exact) mass is 105 g/mol. The number of hydrogen-bond acceptors (Lipinski definition) is 1. The van der Waals surface area contributed by atoms with Gasteiger partial charge < -0.3 is 4.74 Å². The predicted octanol–water partition coefficient (Wildman–Crippen LogP) is 1.55. The third-order valence-electron chi connectivity index (χ3n) is 0.259. The first-order chi connectivity index (χ1) is 2.77. The van der Waals surface area contributed by atoms with Gasteiger partial charge in [-0.15, -0.1) is 0 Å². The van der Waals surface area contributed by atoms with E-state index in [2.05, 4.69) is 18.4 Å². The van der Waals surface area contributed by atoms with Crippen molar-refractivity contribution >= 4 is 11.6 Å². The first-order valence-electron chi connectivity index (χ1n) is 1.47. The van der Waals surface area contributed by atoms with Crippen molar-refractivity contribution in [3.8, 4) is 0 Å². The molecular formula is C4H6ClO. The van der Waals surface area contributed by atoms with E-state index in [0.717, 1.165) is 0 Å². The van der Waals surface area contributed by atoms with Crippen molar-refractivity contribution in [2.75, 3.05) is 6.61 Å².